The molecule has 2 rings (SSSR count). The summed E-state index contributed by atoms with van der Waals surface area (Å²) >= 11 is 5.97. The lowest BCUT2D eigenvalue weighted by molar-refractivity contribution is -0.145. The highest BCUT2D eigenvalue weighted by Gasteiger charge is 2.10. The van der Waals surface area contributed by atoms with E-state index >= 15 is 0 Å². The van der Waals surface area contributed by atoms with Crippen molar-refractivity contribution < 1.29 is 14.3 Å². The molecule has 0 aliphatic rings. The molecule has 0 bridgehead atoms. The first-order valence-electron chi connectivity index (χ1n) is 6.18. The first-order valence-corrected chi connectivity index (χ1v) is 6.56. The normalized spacial score (nSPS) is 10.3. The van der Waals surface area contributed by atoms with Crippen molar-refractivity contribution in [2.75, 3.05) is 13.2 Å². The molecule has 106 valence electrons. The molecule has 2 aromatic rings. The summed E-state index contributed by atoms with van der Waals surface area (Å²) in [6.07, 6.45) is 0. The molecule has 0 fully saturated rings. The van der Waals surface area contributed by atoms with Gasteiger partial charge < -0.3 is 9.47 Å². The summed E-state index contributed by atoms with van der Waals surface area (Å²) in [6, 6.07) is 9.19. The fraction of sp³-hybridized carbons (Fsp3) is 0.286. The number of nitrogens with zero attached hydrogens (tertiary/aromatic N) is 2. The number of aryl methyl sites for hydroxylation is 1. The Labute approximate surface area is 122 Å². The molecule has 6 heteroatoms. The number of esters is 1. The Hall–Kier alpha value is -2.01. The zero-order chi connectivity index (χ0) is 14.5. The first-order chi connectivity index (χ1) is 9.60. The monoisotopic (exact) mass is 294 g/mol. The van der Waals surface area contributed by atoms with Crippen molar-refractivity contribution in [3.8, 4) is 17.1 Å². The van der Waals surface area contributed by atoms with Crippen molar-refractivity contribution in [3.63, 3.8) is 0 Å². The highest BCUT2D eigenvalue weighted by molar-refractivity contribution is 6.30. The molecule has 0 radical (unpaired) electrons. The number of aromatic nitrogens is 2. The van der Waals surface area contributed by atoms with E-state index in [-0.39, 0.29) is 6.61 Å². The number of carbonyl (C=O) groups is 1. The lowest BCUT2D eigenvalue weighted by Gasteiger charge is -2.01. The maximum Gasteiger partial charge on any atom is 0.344 e. The fourth-order valence-corrected chi connectivity index (χ4v) is 1.96. The predicted molar refractivity (Wildman–Crippen MR) is 75.8 cm³/mol. The molecule has 0 spiro atoms. The molecule has 0 aliphatic heterocycles. The molecule has 5 nitrogen and oxygen atoms in total. The van der Waals surface area contributed by atoms with Gasteiger partial charge in [-0.05, 0) is 19.1 Å². The van der Waals surface area contributed by atoms with Gasteiger partial charge in [-0.2, -0.15) is 0 Å². The minimum Gasteiger partial charge on any atom is -0.465 e. The summed E-state index contributed by atoms with van der Waals surface area (Å²) in [4.78, 5) is 11.2. The fourth-order valence-electron chi connectivity index (χ4n) is 1.76. The number of ether oxygens (including phenoxy) is 2. The third-order valence-corrected chi connectivity index (χ3v) is 2.86. The van der Waals surface area contributed by atoms with Gasteiger partial charge >= 0.3 is 5.97 Å². The standard InChI is InChI=1S/C14H15ClN2O3/c1-3-19-14(18)9-20-13-8-12(17(2)16-13)10-5-4-6-11(15)7-10/h4-8H,3,9H2,1-2H3. The van der Waals surface area contributed by atoms with Crippen LogP contribution in [0.2, 0.25) is 5.02 Å². The van der Waals surface area contributed by atoms with Crippen LogP contribution >= 0.6 is 11.6 Å². The van der Waals surface area contributed by atoms with Gasteiger partial charge in [-0.15, -0.1) is 5.10 Å². The largest absolute Gasteiger partial charge is 0.465 e. The van der Waals surface area contributed by atoms with Crippen molar-refractivity contribution in [1.82, 2.24) is 9.78 Å². The van der Waals surface area contributed by atoms with E-state index in [0.717, 1.165) is 11.3 Å². The second-order valence-corrected chi connectivity index (χ2v) is 4.53. The lowest BCUT2D eigenvalue weighted by atomic mass is 10.1. The van der Waals surface area contributed by atoms with Crippen LogP contribution in [0.25, 0.3) is 11.3 Å². The van der Waals surface area contributed by atoms with Gasteiger partial charge in [0.05, 0.1) is 12.3 Å². The number of rotatable bonds is 5. The van der Waals surface area contributed by atoms with E-state index in [0.29, 0.717) is 17.5 Å². The predicted octanol–water partition coefficient (Wildman–Crippen LogP) is 2.68. The molecule has 0 amide bonds. The molecular formula is C14H15ClN2O3. The zero-order valence-electron chi connectivity index (χ0n) is 11.3. The Bertz CT molecular complexity index is 610. The highest BCUT2D eigenvalue weighted by Crippen LogP contribution is 2.25. The molecule has 1 aromatic carbocycles. The van der Waals surface area contributed by atoms with Crippen molar-refractivity contribution in [3.05, 3.63) is 35.4 Å². The number of carbonyl (C=O) groups excluding carboxylic acids is 1. The molecule has 0 unspecified atom stereocenters. The Balaban J connectivity index is 2.12. The molecule has 0 aliphatic carbocycles. The quantitative estimate of drug-likeness (QED) is 0.796. The van der Waals surface area contributed by atoms with Crippen LogP contribution in [0.5, 0.6) is 5.88 Å². The summed E-state index contributed by atoms with van der Waals surface area (Å²) in [7, 11) is 1.80. The lowest BCUT2D eigenvalue weighted by Crippen LogP contribution is -2.14. The number of hydrogen-bond acceptors (Lipinski definition) is 4. The average molecular weight is 295 g/mol. The van der Waals surface area contributed by atoms with Gasteiger partial charge in [0.25, 0.3) is 0 Å². The number of benzene rings is 1. The maximum atomic E-state index is 11.2. The van der Waals surface area contributed by atoms with Crippen molar-refractivity contribution >= 4 is 17.6 Å². The Morgan fingerprint density at radius 3 is 2.90 bits per heavy atom. The maximum absolute atomic E-state index is 11.2. The second-order valence-electron chi connectivity index (χ2n) is 4.10. The average Bonchev–Trinajstić information content (AvgIpc) is 2.78. The molecule has 20 heavy (non-hydrogen) atoms. The van der Waals surface area contributed by atoms with Gasteiger partial charge in [0.2, 0.25) is 5.88 Å². The van der Waals surface area contributed by atoms with E-state index in [4.69, 9.17) is 21.1 Å². The van der Waals surface area contributed by atoms with Crippen LogP contribution in [0, 0.1) is 0 Å². The van der Waals surface area contributed by atoms with Crippen LogP contribution in [0.1, 0.15) is 6.92 Å². The van der Waals surface area contributed by atoms with Crippen LogP contribution in [0.3, 0.4) is 0 Å². The third-order valence-electron chi connectivity index (χ3n) is 2.62. The Kier molecular flexibility index (Phi) is 4.63. The summed E-state index contributed by atoms with van der Waals surface area (Å²) in [5.41, 5.74) is 1.78. The molecule has 0 atom stereocenters. The minimum atomic E-state index is -0.414. The number of hydrogen-bond donors (Lipinski definition) is 0. The van der Waals surface area contributed by atoms with Gasteiger partial charge in [-0.3, -0.25) is 4.68 Å². The van der Waals surface area contributed by atoms with Crippen LogP contribution < -0.4 is 4.74 Å². The van der Waals surface area contributed by atoms with Gasteiger partial charge in [0.1, 0.15) is 0 Å². The molecule has 1 heterocycles. The van der Waals surface area contributed by atoms with Gasteiger partial charge in [0, 0.05) is 23.7 Å². The summed E-state index contributed by atoms with van der Waals surface area (Å²) in [5, 5.41) is 4.84. The summed E-state index contributed by atoms with van der Waals surface area (Å²) < 4.78 is 11.8. The minimum absolute atomic E-state index is 0.153. The molecule has 0 N–H and O–H groups in total. The summed E-state index contributed by atoms with van der Waals surface area (Å²) in [5.74, 6) is -0.0435. The van der Waals surface area contributed by atoms with E-state index in [1.54, 1.807) is 30.8 Å². The van der Waals surface area contributed by atoms with E-state index < -0.39 is 5.97 Å². The second kappa shape index (κ2) is 6.43. The smallest absolute Gasteiger partial charge is 0.344 e. The van der Waals surface area contributed by atoms with Crippen molar-refractivity contribution in [2.24, 2.45) is 7.05 Å². The Morgan fingerprint density at radius 1 is 1.40 bits per heavy atom. The summed E-state index contributed by atoms with van der Waals surface area (Å²) in [6.45, 7) is 1.92. The SMILES string of the molecule is CCOC(=O)COc1cc(-c2cccc(Cl)c2)n(C)n1. The third kappa shape index (κ3) is 3.51. The van der Waals surface area contributed by atoms with Gasteiger partial charge in [-0.25, -0.2) is 4.79 Å². The van der Waals surface area contributed by atoms with E-state index in [9.17, 15) is 4.79 Å². The molecule has 0 saturated carbocycles. The van der Waals surface area contributed by atoms with Crippen LogP contribution in [0.15, 0.2) is 30.3 Å². The first kappa shape index (κ1) is 14.4. The topological polar surface area (TPSA) is 53.4 Å². The van der Waals surface area contributed by atoms with E-state index in [2.05, 4.69) is 5.10 Å². The molecule has 0 saturated heterocycles. The number of halogens is 1. The molecule has 1 aromatic heterocycles. The van der Waals surface area contributed by atoms with Crippen LogP contribution in [-0.2, 0) is 16.6 Å². The van der Waals surface area contributed by atoms with Gasteiger partial charge in [-0.1, -0.05) is 23.7 Å². The van der Waals surface area contributed by atoms with Crippen LogP contribution in [0.4, 0.5) is 0 Å². The highest BCUT2D eigenvalue weighted by atomic mass is 35.5. The van der Waals surface area contributed by atoms with Gasteiger partial charge in [0.15, 0.2) is 6.61 Å². The molecular weight excluding hydrogens is 280 g/mol. The van der Waals surface area contributed by atoms with E-state index in [1.807, 2.05) is 18.2 Å². The van der Waals surface area contributed by atoms with Crippen LogP contribution in [-0.4, -0.2) is 29.0 Å². The van der Waals surface area contributed by atoms with Crippen molar-refractivity contribution in [1.29, 1.82) is 0 Å². The Morgan fingerprint density at radius 2 is 2.20 bits per heavy atom. The van der Waals surface area contributed by atoms with E-state index in [1.165, 1.54) is 0 Å². The van der Waals surface area contributed by atoms with Crippen molar-refractivity contribution in [2.45, 2.75) is 6.92 Å². The zero-order valence-corrected chi connectivity index (χ0v) is 12.1.